The molecular weight excluding hydrogens is 475 g/mol. The quantitative estimate of drug-likeness (QED) is 0.387. The van der Waals surface area contributed by atoms with Crippen LogP contribution in [0.25, 0.3) is 16.9 Å². The number of nitriles is 1. The lowest BCUT2D eigenvalue weighted by molar-refractivity contribution is 0.282. The van der Waals surface area contributed by atoms with E-state index in [-0.39, 0.29) is 16.6 Å². The smallest absolute Gasteiger partial charge is 0.243 e. The van der Waals surface area contributed by atoms with Gasteiger partial charge in [-0.1, -0.05) is 12.1 Å². The average Bonchev–Trinajstić information content (AvgIpc) is 3.28. The van der Waals surface area contributed by atoms with Crippen LogP contribution in [0.1, 0.15) is 18.4 Å². The monoisotopic (exact) mass is 500 g/mol. The average molecular weight is 500 g/mol. The van der Waals surface area contributed by atoms with Gasteiger partial charge in [0.2, 0.25) is 10.0 Å². The number of anilines is 1. The summed E-state index contributed by atoms with van der Waals surface area (Å²) in [6, 6.07) is 17.0. The van der Waals surface area contributed by atoms with Gasteiger partial charge in [0.25, 0.3) is 0 Å². The zero-order valence-electron chi connectivity index (χ0n) is 19.8. The molecule has 1 saturated heterocycles. The first kappa shape index (κ1) is 23.8. The fourth-order valence-electron chi connectivity index (χ4n) is 4.48. The van der Waals surface area contributed by atoms with E-state index in [0.717, 1.165) is 24.1 Å². The van der Waals surface area contributed by atoms with Crippen LogP contribution in [0.3, 0.4) is 0 Å². The molecule has 36 heavy (non-hydrogen) atoms. The maximum absolute atomic E-state index is 13.0. The number of nitrogens with zero attached hydrogens (tertiary/aromatic N) is 5. The van der Waals surface area contributed by atoms with Gasteiger partial charge >= 0.3 is 0 Å². The second-order valence-electron chi connectivity index (χ2n) is 8.97. The van der Waals surface area contributed by atoms with Crippen molar-refractivity contribution in [2.75, 3.05) is 25.0 Å². The van der Waals surface area contributed by atoms with Crippen LogP contribution in [-0.4, -0.2) is 59.9 Å². The van der Waals surface area contributed by atoms with Gasteiger partial charge in [-0.2, -0.15) is 19.2 Å². The molecule has 0 unspecified atom stereocenters. The van der Waals surface area contributed by atoms with Gasteiger partial charge in [-0.15, -0.1) is 0 Å². The van der Waals surface area contributed by atoms with Gasteiger partial charge in [-0.25, -0.2) is 13.4 Å². The topological polar surface area (TPSA) is 124 Å². The lowest BCUT2D eigenvalue weighted by atomic mass is 9.98. The molecule has 0 saturated carbocycles. The summed E-state index contributed by atoms with van der Waals surface area (Å²) in [5.41, 5.74) is 3.36. The minimum absolute atomic E-state index is 0.160. The molecule has 5 rings (SSSR count). The molecule has 0 aliphatic carbocycles. The summed E-state index contributed by atoms with van der Waals surface area (Å²) in [5, 5.41) is 27.2. The zero-order valence-corrected chi connectivity index (χ0v) is 20.6. The summed E-state index contributed by atoms with van der Waals surface area (Å²) < 4.78 is 29.3. The number of benzene rings is 2. The largest absolute Gasteiger partial charge is 0.507 e. The van der Waals surface area contributed by atoms with Gasteiger partial charge in [-0.05, 0) is 60.6 Å². The molecule has 2 aromatic carbocycles. The number of sulfonamides is 1. The van der Waals surface area contributed by atoms with E-state index in [4.69, 9.17) is 10.2 Å². The lowest BCUT2D eigenvalue weighted by Gasteiger charge is -2.31. The van der Waals surface area contributed by atoms with Crippen molar-refractivity contribution in [3.05, 3.63) is 66.4 Å². The molecule has 2 N–H and O–H groups in total. The Hall–Kier alpha value is -3.88. The Bertz CT molecular complexity index is 1560. The van der Waals surface area contributed by atoms with Crippen LogP contribution in [0, 0.1) is 17.2 Å². The molecule has 1 fully saturated rings. The second kappa shape index (κ2) is 9.64. The molecule has 0 amide bonds. The third kappa shape index (κ3) is 4.53. The van der Waals surface area contributed by atoms with Crippen LogP contribution in [0.5, 0.6) is 5.75 Å². The summed E-state index contributed by atoms with van der Waals surface area (Å²) in [7, 11) is -1.64. The van der Waals surface area contributed by atoms with Gasteiger partial charge in [0, 0.05) is 37.5 Å². The third-order valence-corrected chi connectivity index (χ3v) is 8.51. The Morgan fingerprint density at radius 3 is 2.56 bits per heavy atom. The minimum atomic E-state index is -3.59. The molecule has 11 heteroatoms. The number of piperidine rings is 1. The van der Waals surface area contributed by atoms with Gasteiger partial charge in [0.15, 0.2) is 5.65 Å². The van der Waals surface area contributed by atoms with Crippen molar-refractivity contribution in [3.63, 3.8) is 0 Å². The van der Waals surface area contributed by atoms with Crippen LogP contribution >= 0.6 is 0 Å². The number of aromatic hydroxyl groups is 1. The predicted molar refractivity (Wildman–Crippen MR) is 139 cm³/mol. The SMILES string of the molecule is Bc1cnn2c(NCC3CCN(S(=O)(=O)c4ccc(C#N)cc4)CC3)cc(-c3ccccc3O)nc12. The first-order valence-electron chi connectivity index (χ1n) is 11.7. The van der Waals surface area contributed by atoms with E-state index in [2.05, 4.69) is 10.4 Å². The van der Waals surface area contributed by atoms with Gasteiger partial charge in [-0.3, -0.25) is 0 Å². The fraction of sp³-hybridized carbons (Fsp3) is 0.240. The molecule has 9 nitrogen and oxygen atoms in total. The highest BCUT2D eigenvalue weighted by molar-refractivity contribution is 7.89. The van der Waals surface area contributed by atoms with Crippen molar-refractivity contribution >= 4 is 34.8 Å². The number of phenolic OH excluding ortho intramolecular Hbond substituents is 1. The highest BCUT2D eigenvalue weighted by atomic mass is 32.2. The van der Waals surface area contributed by atoms with Gasteiger partial charge < -0.3 is 10.4 Å². The van der Waals surface area contributed by atoms with Crippen molar-refractivity contribution < 1.29 is 13.5 Å². The number of fused-ring (bicyclic) bond motifs is 1. The predicted octanol–water partition coefficient (Wildman–Crippen LogP) is 1.74. The highest BCUT2D eigenvalue weighted by Gasteiger charge is 2.29. The lowest BCUT2D eigenvalue weighted by Crippen LogP contribution is -2.39. The van der Waals surface area contributed by atoms with E-state index >= 15 is 0 Å². The molecular formula is C25H25BN6O3S. The first-order valence-corrected chi connectivity index (χ1v) is 13.2. The van der Waals surface area contributed by atoms with Crippen LogP contribution in [-0.2, 0) is 10.0 Å². The number of aromatic nitrogens is 3. The maximum Gasteiger partial charge on any atom is 0.243 e. The fourth-order valence-corrected chi connectivity index (χ4v) is 5.95. The van der Waals surface area contributed by atoms with Crippen molar-refractivity contribution in [2.45, 2.75) is 17.7 Å². The molecule has 0 spiro atoms. The molecule has 0 bridgehead atoms. The number of phenols is 1. The normalized spacial score (nSPS) is 15.1. The summed E-state index contributed by atoms with van der Waals surface area (Å²) in [5.74, 6) is 1.21. The Balaban J connectivity index is 1.29. The van der Waals surface area contributed by atoms with Crippen LogP contribution < -0.4 is 10.8 Å². The van der Waals surface area contributed by atoms with Crippen molar-refractivity contribution in [3.8, 4) is 23.1 Å². The van der Waals surface area contributed by atoms with Gasteiger partial charge in [0.05, 0.1) is 22.2 Å². The summed E-state index contributed by atoms with van der Waals surface area (Å²) in [6.07, 6.45) is 3.21. The molecule has 182 valence electrons. The Morgan fingerprint density at radius 2 is 1.86 bits per heavy atom. The number of hydrogen-bond acceptors (Lipinski definition) is 7. The summed E-state index contributed by atoms with van der Waals surface area (Å²) in [6.45, 7) is 1.53. The third-order valence-electron chi connectivity index (χ3n) is 6.59. The second-order valence-corrected chi connectivity index (χ2v) is 10.9. The summed E-state index contributed by atoms with van der Waals surface area (Å²) >= 11 is 0. The number of hydrogen-bond donors (Lipinski definition) is 2. The first-order chi connectivity index (χ1) is 17.4. The van der Waals surface area contributed by atoms with Gasteiger partial charge in [0.1, 0.15) is 19.4 Å². The molecule has 4 aromatic rings. The van der Waals surface area contributed by atoms with E-state index in [1.807, 2.05) is 32.1 Å². The molecule has 2 aromatic heterocycles. The Kier molecular flexibility index (Phi) is 6.39. The van der Waals surface area contributed by atoms with Crippen LogP contribution in [0.2, 0.25) is 0 Å². The Morgan fingerprint density at radius 1 is 1.14 bits per heavy atom. The molecule has 1 aliphatic rings. The van der Waals surface area contributed by atoms with Crippen molar-refractivity contribution in [2.24, 2.45) is 5.92 Å². The number of rotatable bonds is 6. The van der Waals surface area contributed by atoms with E-state index in [9.17, 15) is 13.5 Å². The highest BCUT2D eigenvalue weighted by Crippen LogP contribution is 2.30. The van der Waals surface area contributed by atoms with Crippen molar-refractivity contribution in [1.29, 1.82) is 5.26 Å². The molecule has 1 aliphatic heterocycles. The van der Waals surface area contributed by atoms with E-state index in [1.54, 1.807) is 22.8 Å². The van der Waals surface area contributed by atoms with Crippen LogP contribution in [0.4, 0.5) is 5.82 Å². The molecule has 3 heterocycles. The Labute approximate surface area is 210 Å². The molecule has 0 atom stereocenters. The van der Waals surface area contributed by atoms with E-state index in [0.29, 0.717) is 42.1 Å². The van der Waals surface area contributed by atoms with E-state index in [1.165, 1.54) is 28.6 Å². The van der Waals surface area contributed by atoms with E-state index < -0.39 is 10.0 Å². The standard InChI is InChI=1S/C25H25BN6O3S/c26-21-16-29-32-24(13-22(30-25(21)32)20-3-1-2-4-23(20)33)28-15-18-9-11-31(12-10-18)36(34,35)19-7-5-17(14-27)6-8-19/h1-8,13,16,18,28,33H,9-12,15,26H2. The number of para-hydroxylation sites is 1. The zero-order chi connectivity index (χ0) is 25.3. The molecule has 0 radical (unpaired) electrons. The summed E-state index contributed by atoms with van der Waals surface area (Å²) in [4.78, 5) is 4.92. The minimum Gasteiger partial charge on any atom is -0.507 e. The number of nitrogens with one attached hydrogen (secondary N) is 1. The van der Waals surface area contributed by atoms with Crippen molar-refractivity contribution in [1.82, 2.24) is 18.9 Å². The maximum atomic E-state index is 13.0. The van der Waals surface area contributed by atoms with Crippen LogP contribution in [0.15, 0.2) is 65.7 Å².